The Balaban J connectivity index is 1.42. The molecule has 0 radical (unpaired) electrons. The quantitative estimate of drug-likeness (QED) is 0.187. The van der Waals surface area contributed by atoms with Crippen molar-refractivity contribution in [1.29, 1.82) is 0 Å². The van der Waals surface area contributed by atoms with Crippen LogP contribution in [0.2, 0.25) is 10.0 Å². The third-order valence-corrected chi connectivity index (χ3v) is 8.10. The molecule has 3 amide bonds. The lowest BCUT2D eigenvalue weighted by molar-refractivity contribution is -0.137. The van der Waals surface area contributed by atoms with E-state index in [2.05, 4.69) is 27.9 Å². The maximum Gasteiger partial charge on any atom is 0.416 e. The number of amides is 3. The highest BCUT2D eigenvalue weighted by atomic mass is 127. The Labute approximate surface area is 260 Å². The number of carbonyl (C=O) groups excluding carboxylic acids is 3. The fourth-order valence-electron chi connectivity index (χ4n) is 3.62. The van der Waals surface area contributed by atoms with Crippen molar-refractivity contribution in [3.63, 3.8) is 0 Å². The van der Waals surface area contributed by atoms with E-state index in [1.54, 1.807) is 36.4 Å². The molecule has 0 unspecified atom stereocenters. The maximum atomic E-state index is 13.1. The normalized spacial score (nSPS) is 14.5. The van der Waals surface area contributed by atoms with Gasteiger partial charge in [-0.2, -0.15) is 13.2 Å². The number of alkyl halides is 3. The zero-order chi connectivity index (χ0) is 29.9. The molecule has 1 heterocycles. The number of ether oxygens (including phenoxy) is 2. The molecule has 0 atom stereocenters. The molecule has 1 saturated heterocycles. The second-order valence-corrected chi connectivity index (χ2v) is 11.4. The monoisotopic (exact) mass is 736 g/mol. The Morgan fingerprint density at radius 2 is 1.78 bits per heavy atom. The van der Waals surface area contributed by atoms with Gasteiger partial charge in [0, 0.05) is 0 Å². The molecule has 3 aromatic carbocycles. The average molecular weight is 737 g/mol. The van der Waals surface area contributed by atoms with Crippen molar-refractivity contribution >= 4 is 86.4 Å². The number of thioether (sulfide) groups is 1. The maximum absolute atomic E-state index is 13.1. The van der Waals surface area contributed by atoms with E-state index in [0.29, 0.717) is 44.1 Å². The first kappa shape index (κ1) is 31.0. The van der Waals surface area contributed by atoms with Crippen molar-refractivity contribution in [2.75, 3.05) is 19.0 Å². The van der Waals surface area contributed by atoms with Gasteiger partial charge in [-0.3, -0.25) is 19.3 Å². The molecule has 1 aliphatic heterocycles. The Hall–Kier alpha value is -2.94. The van der Waals surface area contributed by atoms with Crippen LogP contribution in [0.4, 0.5) is 23.7 Å². The number of rotatable bonds is 8. The number of benzene rings is 3. The van der Waals surface area contributed by atoms with Gasteiger partial charge in [-0.1, -0.05) is 35.3 Å². The van der Waals surface area contributed by atoms with E-state index < -0.39 is 35.3 Å². The third kappa shape index (κ3) is 7.67. The minimum absolute atomic E-state index is 0.0145. The van der Waals surface area contributed by atoms with Gasteiger partial charge in [0.25, 0.3) is 11.1 Å². The van der Waals surface area contributed by atoms with Gasteiger partial charge in [-0.25, -0.2) is 0 Å². The van der Waals surface area contributed by atoms with Crippen LogP contribution in [0, 0.1) is 3.57 Å². The van der Waals surface area contributed by atoms with E-state index >= 15 is 0 Å². The fraction of sp³-hybridized carbons (Fsp3) is 0.148. The highest BCUT2D eigenvalue weighted by molar-refractivity contribution is 14.1. The summed E-state index contributed by atoms with van der Waals surface area (Å²) in [4.78, 5) is 38.8. The summed E-state index contributed by atoms with van der Waals surface area (Å²) in [6.45, 7) is -0.444. The molecule has 14 heteroatoms. The van der Waals surface area contributed by atoms with Crippen LogP contribution < -0.4 is 14.8 Å². The topological polar surface area (TPSA) is 84.9 Å². The minimum Gasteiger partial charge on any atom is -0.495 e. The molecule has 3 aromatic rings. The molecule has 0 aliphatic carbocycles. The van der Waals surface area contributed by atoms with Crippen LogP contribution in [0.25, 0.3) is 6.08 Å². The summed E-state index contributed by atoms with van der Waals surface area (Å²) in [5, 5.41) is 2.45. The summed E-state index contributed by atoms with van der Waals surface area (Å²) in [5.41, 5.74) is 0.192. The predicted molar refractivity (Wildman–Crippen MR) is 159 cm³/mol. The summed E-state index contributed by atoms with van der Waals surface area (Å²) >= 11 is 14.7. The average Bonchev–Trinajstić information content (AvgIpc) is 3.16. The number of anilines is 1. The van der Waals surface area contributed by atoms with Crippen LogP contribution in [0.3, 0.4) is 0 Å². The van der Waals surface area contributed by atoms with Crippen LogP contribution in [0.15, 0.2) is 59.5 Å². The van der Waals surface area contributed by atoms with Crippen molar-refractivity contribution in [2.45, 2.75) is 12.8 Å². The number of hydrogen-bond acceptors (Lipinski definition) is 6. The predicted octanol–water partition coefficient (Wildman–Crippen LogP) is 7.88. The fourth-order valence-corrected chi connectivity index (χ4v) is 5.47. The van der Waals surface area contributed by atoms with Gasteiger partial charge in [-0.15, -0.1) is 0 Å². The zero-order valence-corrected chi connectivity index (χ0v) is 25.3. The third-order valence-electron chi connectivity index (χ3n) is 5.61. The van der Waals surface area contributed by atoms with E-state index in [1.807, 2.05) is 0 Å². The number of nitrogens with one attached hydrogen (secondary N) is 1. The molecule has 1 fully saturated rings. The van der Waals surface area contributed by atoms with Crippen LogP contribution >= 0.6 is 57.6 Å². The molecule has 4 rings (SSSR count). The summed E-state index contributed by atoms with van der Waals surface area (Å²) < 4.78 is 50.9. The molecule has 1 N–H and O–H groups in total. The first-order valence-electron chi connectivity index (χ1n) is 11.5. The number of imide groups is 1. The number of carbonyl (C=O) groups is 3. The lowest BCUT2D eigenvalue weighted by atomic mass is 10.1. The Morgan fingerprint density at radius 1 is 1.05 bits per heavy atom. The van der Waals surface area contributed by atoms with E-state index in [0.717, 1.165) is 21.3 Å². The molecule has 7 nitrogen and oxygen atoms in total. The summed E-state index contributed by atoms with van der Waals surface area (Å²) in [6.07, 6.45) is -3.14. The molecule has 0 saturated carbocycles. The number of halogens is 6. The lowest BCUT2D eigenvalue weighted by Crippen LogP contribution is -2.36. The Kier molecular flexibility index (Phi) is 9.77. The molecule has 41 heavy (non-hydrogen) atoms. The molecule has 0 aromatic heterocycles. The highest BCUT2D eigenvalue weighted by Crippen LogP contribution is 2.36. The molecular formula is C27H18Cl2F3IN2O5S. The van der Waals surface area contributed by atoms with Gasteiger partial charge in [0.05, 0.1) is 36.9 Å². The van der Waals surface area contributed by atoms with Gasteiger partial charge in [0.15, 0.2) is 0 Å². The first-order valence-corrected chi connectivity index (χ1v) is 14.2. The molecule has 214 valence electrons. The summed E-state index contributed by atoms with van der Waals surface area (Å²) in [5.74, 6) is -1.01. The molecule has 0 bridgehead atoms. The zero-order valence-electron chi connectivity index (χ0n) is 20.9. The largest absolute Gasteiger partial charge is 0.495 e. The van der Waals surface area contributed by atoms with E-state index in [4.69, 9.17) is 32.7 Å². The van der Waals surface area contributed by atoms with Gasteiger partial charge >= 0.3 is 6.18 Å². The van der Waals surface area contributed by atoms with Crippen LogP contribution in [-0.4, -0.2) is 35.6 Å². The molecular weight excluding hydrogens is 719 g/mol. The van der Waals surface area contributed by atoms with Gasteiger partial charge < -0.3 is 14.8 Å². The van der Waals surface area contributed by atoms with Gasteiger partial charge in [0.1, 0.15) is 24.7 Å². The standard InChI is InChI=1S/C27H18Cl2F3IN2O5S/c1-39-22-7-4-16(27(30,31)32)11-20(22)34-24(36)12-35-25(37)23(41-26(35)38)10-14-3-6-21(19(33)9-14)40-13-15-2-5-17(28)18(29)8-15/h2-11H,12-13H2,1H3,(H,34,36)/b23-10-. The SMILES string of the molecule is COc1ccc(C(F)(F)F)cc1NC(=O)CN1C(=O)S/C(=C\c2ccc(OCc3ccc(Cl)c(Cl)c3)c(I)c2)C1=O. The molecule has 0 spiro atoms. The lowest BCUT2D eigenvalue weighted by Gasteiger charge is -2.16. The summed E-state index contributed by atoms with van der Waals surface area (Å²) in [7, 11) is 1.23. The van der Waals surface area contributed by atoms with Crippen LogP contribution in [0.5, 0.6) is 11.5 Å². The number of hydrogen-bond donors (Lipinski definition) is 1. The first-order chi connectivity index (χ1) is 19.3. The van der Waals surface area contributed by atoms with E-state index in [-0.39, 0.29) is 22.9 Å². The van der Waals surface area contributed by atoms with Gasteiger partial charge in [-0.05, 0) is 94.0 Å². The second kappa shape index (κ2) is 12.9. The Bertz CT molecular complexity index is 1570. The van der Waals surface area contributed by atoms with E-state index in [9.17, 15) is 27.6 Å². The smallest absolute Gasteiger partial charge is 0.416 e. The molecule has 1 aliphatic rings. The highest BCUT2D eigenvalue weighted by Gasteiger charge is 2.37. The summed E-state index contributed by atoms with van der Waals surface area (Å²) in [6, 6.07) is 12.9. The van der Waals surface area contributed by atoms with Crippen molar-refractivity contribution in [3.8, 4) is 11.5 Å². The number of methoxy groups -OCH3 is 1. The van der Waals surface area contributed by atoms with Gasteiger partial charge in [0.2, 0.25) is 5.91 Å². The van der Waals surface area contributed by atoms with E-state index in [1.165, 1.54) is 13.2 Å². The Morgan fingerprint density at radius 3 is 2.44 bits per heavy atom. The van der Waals surface area contributed by atoms with Crippen molar-refractivity contribution in [2.24, 2.45) is 0 Å². The van der Waals surface area contributed by atoms with Crippen molar-refractivity contribution < 1.29 is 37.0 Å². The van der Waals surface area contributed by atoms with Crippen molar-refractivity contribution in [1.82, 2.24) is 4.90 Å². The number of nitrogens with zero attached hydrogens (tertiary/aromatic N) is 1. The second-order valence-electron chi connectivity index (χ2n) is 8.46. The van der Waals surface area contributed by atoms with Crippen LogP contribution in [0.1, 0.15) is 16.7 Å². The van der Waals surface area contributed by atoms with Crippen molar-refractivity contribution in [3.05, 3.63) is 89.8 Å². The minimum atomic E-state index is -4.64. The van der Waals surface area contributed by atoms with Crippen LogP contribution in [-0.2, 0) is 22.4 Å².